The van der Waals surface area contributed by atoms with Crippen LogP contribution in [0.25, 0.3) is 0 Å². The van der Waals surface area contributed by atoms with Gasteiger partial charge in [-0.25, -0.2) is 0 Å². The Bertz CT molecular complexity index is 585. The van der Waals surface area contributed by atoms with E-state index in [9.17, 15) is 4.79 Å². The first-order valence-corrected chi connectivity index (χ1v) is 7.15. The molecule has 0 aliphatic heterocycles. The molecule has 0 radical (unpaired) electrons. The summed E-state index contributed by atoms with van der Waals surface area (Å²) in [5.74, 6) is -0.0652. The average molecular weight is 319 g/mol. The van der Waals surface area contributed by atoms with Crippen LogP contribution in [0.2, 0.25) is 0 Å². The minimum Gasteiger partial charge on any atom is -0.344 e. The number of rotatable bonds is 5. The predicted octanol–water partition coefficient (Wildman–Crippen LogP) is 2.98. The highest BCUT2D eigenvalue weighted by Crippen LogP contribution is 2.19. The Morgan fingerprint density at radius 1 is 1.05 bits per heavy atom. The van der Waals surface area contributed by atoms with Crippen molar-refractivity contribution in [2.24, 2.45) is 5.73 Å². The number of carbonyl (C=O) groups is 1. The first-order chi connectivity index (χ1) is 10.0. The molecule has 0 aromatic heterocycles. The number of halogens is 1. The fraction of sp³-hybridized carbons (Fsp3) is 0.278. The molecule has 0 fully saturated rings. The van der Waals surface area contributed by atoms with Crippen LogP contribution in [0.3, 0.4) is 0 Å². The van der Waals surface area contributed by atoms with Crippen LogP contribution in [0.15, 0.2) is 60.7 Å². The van der Waals surface area contributed by atoms with Gasteiger partial charge < -0.3 is 10.6 Å². The SMILES string of the molecule is CN(CCc1ccccc1)C(=O)C(C)(N)c1ccccc1.Cl. The Morgan fingerprint density at radius 3 is 2.09 bits per heavy atom. The maximum Gasteiger partial charge on any atom is 0.246 e. The molecule has 0 saturated carbocycles. The molecule has 0 spiro atoms. The Kier molecular flexibility index (Phi) is 6.60. The minimum atomic E-state index is -0.993. The van der Waals surface area contributed by atoms with E-state index in [1.807, 2.05) is 48.5 Å². The van der Waals surface area contributed by atoms with Crippen LogP contribution in [0.5, 0.6) is 0 Å². The van der Waals surface area contributed by atoms with Crippen LogP contribution >= 0.6 is 12.4 Å². The largest absolute Gasteiger partial charge is 0.344 e. The summed E-state index contributed by atoms with van der Waals surface area (Å²) in [5, 5.41) is 0. The van der Waals surface area contributed by atoms with Gasteiger partial charge in [0.05, 0.1) is 0 Å². The summed E-state index contributed by atoms with van der Waals surface area (Å²) in [7, 11) is 1.80. The van der Waals surface area contributed by atoms with Crippen molar-refractivity contribution in [2.45, 2.75) is 18.9 Å². The third-order valence-corrected chi connectivity index (χ3v) is 3.74. The number of hydrogen-bond donors (Lipinski definition) is 1. The second-order valence-electron chi connectivity index (χ2n) is 5.53. The quantitative estimate of drug-likeness (QED) is 0.921. The van der Waals surface area contributed by atoms with Crippen LogP contribution in [-0.2, 0) is 16.8 Å². The van der Waals surface area contributed by atoms with Gasteiger partial charge in [0.15, 0.2) is 0 Å². The molecule has 118 valence electrons. The molecular weight excluding hydrogens is 296 g/mol. The summed E-state index contributed by atoms with van der Waals surface area (Å²) >= 11 is 0. The number of carbonyl (C=O) groups excluding carboxylic acids is 1. The molecule has 0 bridgehead atoms. The molecule has 0 saturated heterocycles. The summed E-state index contributed by atoms with van der Waals surface area (Å²) in [4.78, 5) is 14.3. The van der Waals surface area contributed by atoms with E-state index in [1.54, 1.807) is 18.9 Å². The maximum atomic E-state index is 12.6. The van der Waals surface area contributed by atoms with Gasteiger partial charge in [-0.3, -0.25) is 4.79 Å². The van der Waals surface area contributed by atoms with E-state index in [4.69, 9.17) is 5.73 Å². The number of nitrogens with zero attached hydrogens (tertiary/aromatic N) is 1. The Labute approximate surface area is 138 Å². The monoisotopic (exact) mass is 318 g/mol. The zero-order valence-corrected chi connectivity index (χ0v) is 13.8. The van der Waals surface area contributed by atoms with Gasteiger partial charge in [0.25, 0.3) is 0 Å². The molecule has 3 nitrogen and oxygen atoms in total. The van der Waals surface area contributed by atoms with E-state index in [0.717, 1.165) is 12.0 Å². The summed E-state index contributed by atoms with van der Waals surface area (Å²) in [5.41, 5.74) is 7.32. The van der Waals surface area contributed by atoms with Gasteiger partial charge in [-0.1, -0.05) is 60.7 Å². The van der Waals surface area contributed by atoms with Crippen molar-refractivity contribution < 1.29 is 4.79 Å². The second kappa shape index (κ2) is 7.97. The normalized spacial score (nSPS) is 12.9. The van der Waals surface area contributed by atoms with Crippen molar-refractivity contribution in [1.29, 1.82) is 0 Å². The van der Waals surface area contributed by atoms with E-state index >= 15 is 0 Å². The molecule has 4 heteroatoms. The summed E-state index contributed by atoms with van der Waals surface area (Å²) in [6.45, 7) is 2.42. The van der Waals surface area contributed by atoms with Crippen molar-refractivity contribution in [3.63, 3.8) is 0 Å². The van der Waals surface area contributed by atoms with Crippen molar-refractivity contribution in [3.05, 3.63) is 71.8 Å². The number of likely N-dealkylation sites (N-methyl/N-ethyl adjacent to an activating group) is 1. The van der Waals surface area contributed by atoms with Gasteiger partial charge in [0.2, 0.25) is 5.91 Å². The van der Waals surface area contributed by atoms with Gasteiger partial charge in [-0.2, -0.15) is 0 Å². The molecule has 2 rings (SSSR count). The smallest absolute Gasteiger partial charge is 0.246 e. The molecule has 2 aromatic rings. The minimum absolute atomic E-state index is 0. The Hall–Kier alpha value is -1.84. The highest BCUT2D eigenvalue weighted by atomic mass is 35.5. The number of nitrogens with two attached hydrogens (primary N) is 1. The highest BCUT2D eigenvalue weighted by Gasteiger charge is 2.32. The topological polar surface area (TPSA) is 46.3 Å². The molecule has 2 aromatic carbocycles. The van der Waals surface area contributed by atoms with Gasteiger partial charge in [0.1, 0.15) is 5.54 Å². The van der Waals surface area contributed by atoms with E-state index in [2.05, 4.69) is 12.1 Å². The summed E-state index contributed by atoms with van der Waals surface area (Å²) in [6, 6.07) is 19.6. The molecule has 1 unspecified atom stereocenters. The molecule has 0 aliphatic carbocycles. The predicted molar refractivity (Wildman–Crippen MR) is 93.0 cm³/mol. The third-order valence-electron chi connectivity index (χ3n) is 3.74. The van der Waals surface area contributed by atoms with Gasteiger partial charge in [-0.05, 0) is 24.5 Å². The first-order valence-electron chi connectivity index (χ1n) is 7.15. The van der Waals surface area contributed by atoms with E-state index in [0.29, 0.717) is 6.54 Å². The van der Waals surface area contributed by atoms with Crippen molar-refractivity contribution in [2.75, 3.05) is 13.6 Å². The van der Waals surface area contributed by atoms with Crippen LogP contribution in [0.4, 0.5) is 0 Å². The Balaban J connectivity index is 0.00000242. The lowest BCUT2D eigenvalue weighted by Gasteiger charge is -2.29. The second-order valence-corrected chi connectivity index (χ2v) is 5.53. The number of benzene rings is 2. The molecule has 22 heavy (non-hydrogen) atoms. The lowest BCUT2D eigenvalue weighted by Crippen LogP contribution is -2.50. The third kappa shape index (κ3) is 4.33. The zero-order valence-electron chi connectivity index (χ0n) is 13.0. The van der Waals surface area contributed by atoms with Crippen LogP contribution in [0.1, 0.15) is 18.1 Å². The molecule has 0 aliphatic rings. The lowest BCUT2D eigenvalue weighted by molar-refractivity contribution is -0.135. The molecule has 1 atom stereocenters. The average Bonchev–Trinajstić information content (AvgIpc) is 2.53. The zero-order chi connectivity index (χ0) is 15.3. The Morgan fingerprint density at radius 2 is 1.55 bits per heavy atom. The van der Waals surface area contributed by atoms with Crippen LogP contribution in [-0.4, -0.2) is 24.4 Å². The van der Waals surface area contributed by atoms with Gasteiger partial charge in [-0.15, -0.1) is 12.4 Å². The van der Waals surface area contributed by atoms with E-state index in [-0.39, 0.29) is 18.3 Å². The van der Waals surface area contributed by atoms with Crippen molar-refractivity contribution in [3.8, 4) is 0 Å². The van der Waals surface area contributed by atoms with Gasteiger partial charge in [0, 0.05) is 13.6 Å². The fourth-order valence-corrected chi connectivity index (χ4v) is 2.35. The van der Waals surface area contributed by atoms with Crippen LogP contribution in [0, 0.1) is 0 Å². The number of hydrogen-bond acceptors (Lipinski definition) is 2. The van der Waals surface area contributed by atoms with E-state index in [1.165, 1.54) is 5.56 Å². The van der Waals surface area contributed by atoms with Crippen molar-refractivity contribution >= 4 is 18.3 Å². The van der Waals surface area contributed by atoms with Gasteiger partial charge >= 0.3 is 0 Å². The maximum absolute atomic E-state index is 12.6. The number of amides is 1. The highest BCUT2D eigenvalue weighted by molar-refractivity contribution is 5.86. The molecule has 1 amide bonds. The molecule has 2 N–H and O–H groups in total. The summed E-state index contributed by atoms with van der Waals surface area (Å²) < 4.78 is 0. The standard InChI is InChI=1S/C18H22N2O.ClH/c1-18(19,16-11-7-4-8-12-16)17(21)20(2)14-13-15-9-5-3-6-10-15;/h3-12H,13-14,19H2,1-2H3;1H. The first kappa shape index (κ1) is 18.2. The molecular formula is C18H23ClN2O. The molecule has 0 heterocycles. The van der Waals surface area contributed by atoms with Crippen molar-refractivity contribution in [1.82, 2.24) is 4.90 Å². The summed E-state index contributed by atoms with van der Waals surface area (Å²) in [6.07, 6.45) is 0.827. The lowest BCUT2D eigenvalue weighted by atomic mass is 9.91. The van der Waals surface area contributed by atoms with Crippen LogP contribution < -0.4 is 5.73 Å². The fourth-order valence-electron chi connectivity index (χ4n) is 2.35. The van der Waals surface area contributed by atoms with E-state index < -0.39 is 5.54 Å².